The Hall–Kier alpha value is -2.00. The van der Waals surface area contributed by atoms with Crippen LogP contribution in [0.1, 0.15) is 12.8 Å². The summed E-state index contributed by atoms with van der Waals surface area (Å²) in [6.45, 7) is 0.443. The Morgan fingerprint density at radius 3 is 2.27 bits per heavy atom. The van der Waals surface area contributed by atoms with Crippen molar-refractivity contribution in [2.45, 2.75) is 17.7 Å². The monoisotopic (exact) mass is 328 g/mol. The molecule has 2 rings (SSSR count). The van der Waals surface area contributed by atoms with Crippen LogP contribution >= 0.6 is 0 Å². The van der Waals surface area contributed by atoms with Crippen LogP contribution in [-0.4, -0.2) is 43.8 Å². The second-order valence-corrected chi connectivity index (χ2v) is 6.89. The Balaban J connectivity index is 2.11. The van der Waals surface area contributed by atoms with E-state index in [9.17, 15) is 23.3 Å². The minimum Gasteiger partial charge on any atom is -0.469 e. The normalized spacial score (nSPS) is 17.1. The van der Waals surface area contributed by atoms with E-state index in [1.165, 1.54) is 23.5 Å². The van der Waals surface area contributed by atoms with Gasteiger partial charge >= 0.3 is 5.97 Å². The highest BCUT2D eigenvalue weighted by Gasteiger charge is 2.32. The Bertz CT molecular complexity index is 662. The van der Waals surface area contributed by atoms with Crippen LogP contribution in [0.5, 0.6) is 0 Å². The molecule has 0 saturated carbocycles. The van der Waals surface area contributed by atoms with Crippen LogP contribution in [0.2, 0.25) is 0 Å². The summed E-state index contributed by atoms with van der Waals surface area (Å²) in [5.74, 6) is -0.610. The number of ether oxygens (including phenoxy) is 1. The first kappa shape index (κ1) is 16.4. The molecule has 1 fully saturated rings. The van der Waals surface area contributed by atoms with Crippen LogP contribution in [0.25, 0.3) is 0 Å². The average molecular weight is 328 g/mol. The summed E-state index contributed by atoms with van der Waals surface area (Å²) < 4.78 is 30.9. The molecule has 120 valence electrons. The van der Waals surface area contributed by atoms with Crippen molar-refractivity contribution >= 4 is 21.7 Å². The first-order valence-electron chi connectivity index (χ1n) is 6.68. The quantitative estimate of drug-likeness (QED) is 0.466. The molecule has 1 aromatic carbocycles. The van der Waals surface area contributed by atoms with Crippen molar-refractivity contribution in [3.05, 3.63) is 34.4 Å². The van der Waals surface area contributed by atoms with Gasteiger partial charge in [0.2, 0.25) is 10.0 Å². The molecule has 1 aliphatic rings. The van der Waals surface area contributed by atoms with Gasteiger partial charge in [-0.1, -0.05) is 0 Å². The molecule has 0 radical (unpaired) electrons. The fraction of sp³-hybridized carbons (Fsp3) is 0.462. The van der Waals surface area contributed by atoms with Gasteiger partial charge in [-0.25, -0.2) is 8.42 Å². The molecule has 9 heteroatoms. The van der Waals surface area contributed by atoms with E-state index < -0.39 is 14.9 Å². The van der Waals surface area contributed by atoms with E-state index in [0.29, 0.717) is 12.8 Å². The van der Waals surface area contributed by atoms with Gasteiger partial charge in [0.25, 0.3) is 5.69 Å². The number of benzene rings is 1. The van der Waals surface area contributed by atoms with Gasteiger partial charge < -0.3 is 4.74 Å². The number of rotatable bonds is 4. The molecule has 0 aromatic heterocycles. The molecule has 1 aliphatic heterocycles. The number of carbonyl (C=O) groups excluding carboxylic acids is 1. The maximum Gasteiger partial charge on any atom is 0.308 e. The van der Waals surface area contributed by atoms with E-state index >= 15 is 0 Å². The zero-order valence-corrected chi connectivity index (χ0v) is 12.8. The van der Waals surface area contributed by atoms with Crippen molar-refractivity contribution in [1.82, 2.24) is 4.31 Å². The first-order chi connectivity index (χ1) is 10.4. The largest absolute Gasteiger partial charge is 0.469 e. The van der Waals surface area contributed by atoms with Gasteiger partial charge in [0.1, 0.15) is 0 Å². The highest BCUT2D eigenvalue weighted by atomic mass is 32.2. The summed E-state index contributed by atoms with van der Waals surface area (Å²) in [7, 11) is -2.39. The molecule has 1 aromatic rings. The van der Waals surface area contributed by atoms with Crippen molar-refractivity contribution in [2.75, 3.05) is 20.2 Å². The molecule has 1 heterocycles. The molecule has 0 bridgehead atoms. The summed E-state index contributed by atoms with van der Waals surface area (Å²) in [6.07, 6.45) is 0.803. The van der Waals surface area contributed by atoms with Crippen LogP contribution in [-0.2, 0) is 19.6 Å². The van der Waals surface area contributed by atoms with Crippen molar-refractivity contribution in [2.24, 2.45) is 5.92 Å². The molecule has 1 saturated heterocycles. The molecule has 0 atom stereocenters. The molecule has 0 spiro atoms. The Morgan fingerprint density at radius 1 is 1.27 bits per heavy atom. The number of nitro benzene ring substituents is 1. The topological polar surface area (TPSA) is 107 Å². The van der Waals surface area contributed by atoms with E-state index in [2.05, 4.69) is 4.74 Å². The third kappa shape index (κ3) is 3.25. The number of non-ortho nitro benzene ring substituents is 1. The minimum atomic E-state index is -3.70. The number of piperidine rings is 1. The van der Waals surface area contributed by atoms with E-state index in [4.69, 9.17) is 0 Å². The molecule has 0 N–H and O–H groups in total. The molecule has 0 unspecified atom stereocenters. The number of hydrogen-bond acceptors (Lipinski definition) is 6. The van der Waals surface area contributed by atoms with Gasteiger partial charge in [0.15, 0.2) is 0 Å². The van der Waals surface area contributed by atoms with Crippen molar-refractivity contribution in [3.63, 3.8) is 0 Å². The smallest absolute Gasteiger partial charge is 0.308 e. The summed E-state index contributed by atoms with van der Waals surface area (Å²) in [4.78, 5) is 21.5. The lowest BCUT2D eigenvalue weighted by atomic mass is 9.99. The van der Waals surface area contributed by atoms with Gasteiger partial charge in [0, 0.05) is 25.2 Å². The lowest BCUT2D eigenvalue weighted by molar-refractivity contribution is -0.384. The number of carbonyl (C=O) groups is 1. The Kier molecular flexibility index (Phi) is 4.77. The molecule has 0 amide bonds. The van der Waals surface area contributed by atoms with E-state index in [1.807, 2.05) is 0 Å². The number of hydrogen-bond donors (Lipinski definition) is 0. The SMILES string of the molecule is COC(=O)C1CCN(S(=O)(=O)c2ccc([N+](=O)[O-])cc2)CC1. The predicted octanol–water partition coefficient (Wildman–Crippen LogP) is 1.17. The summed E-state index contributed by atoms with van der Waals surface area (Å²) in [5, 5.41) is 10.6. The van der Waals surface area contributed by atoms with Crippen molar-refractivity contribution < 1.29 is 22.9 Å². The number of nitrogens with zero attached hydrogens (tertiary/aromatic N) is 2. The maximum atomic E-state index is 12.5. The number of nitro groups is 1. The molecule has 0 aliphatic carbocycles. The molecular weight excluding hydrogens is 312 g/mol. The summed E-state index contributed by atoms with van der Waals surface area (Å²) in [5.41, 5.74) is -0.164. The standard InChI is InChI=1S/C13H16N2O6S/c1-21-13(16)10-6-8-14(9-7-10)22(19,20)12-4-2-11(3-5-12)15(17)18/h2-5,10H,6-9H2,1H3. The number of esters is 1. The van der Waals surface area contributed by atoms with E-state index in [1.54, 1.807) is 0 Å². The second kappa shape index (κ2) is 6.41. The van der Waals surface area contributed by atoms with Crippen LogP contribution in [0, 0.1) is 16.0 Å². The lowest BCUT2D eigenvalue weighted by Crippen LogP contribution is -2.40. The number of methoxy groups -OCH3 is 1. The Morgan fingerprint density at radius 2 is 1.82 bits per heavy atom. The summed E-state index contributed by atoms with van der Waals surface area (Å²) in [6, 6.07) is 4.77. The highest BCUT2D eigenvalue weighted by molar-refractivity contribution is 7.89. The van der Waals surface area contributed by atoms with Gasteiger partial charge in [0.05, 0.1) is 22.8 Å². The van der Waals surface area contributed by atoms with Gasteiger partial charge in [-0.2, -0.15) is 4.31 Å². The van der Waals surface area contributed by atoms with E-state index in [0.717, 1.165) is 12.1 Å². The molecule has 22 heavy (non-hydrogen) atoms. The third-order valence-electron chi connectivity index (χ3n) is 3.67. The van der Waals surface area contributed by atoms with Gasteiger partial charge in [-0.05, 0) is 25.0 Å². The van der Waals surface area contributed by atoms with Crippen LogP contribution in [0.15, 0.2) is 29.2 Å². The lowest BCUT2D eigenvalue weighted by Gasteiger charge is -2.29. The second-order valence-electron chi connectivity index (χ2n) is 4.95. The van der Waals surface area contributed by atoms with Crippen LogP contribution in [0.3, 0.4) is 0 Å². The minimum absolute atomic E-state index is 0.00891. The van der Waals surface area contributed by atoms with Gasteiger partial charge in [-0.3, -0.25) is 14.9 Å². The summed E-state index contributed by atoms with van der Waals surface area (Å²) >= 11 is 0. The highest BCUT2D eigenvalue weighted by Crippen LogP contribution is 2.25. The molecule has 8 nitrogen and oxygen atoms in total. The Labute approximate surface area is 127 Å². The zero-order chi connectivity index (χ0) is 16.3. The molecular formula is C13H16N2O6S. The number of sulfonamides is 1. The van der Waals surface area contributed by atoms with Crippen LogP contribution in [0.4, 0.5) is 5.69 Å². The predicted molar refractivity (Wildman–Crippen MR) is 76.6 cm³/mol. The zero-order valence-electron chi connectivity index (χ0n) is 12.0. The van der Waals surface area contributed by atoms with E-state index in [-0.39, 0.29) is 35.6 Å². The first-order valence-corrected chi connectivity index (χ1v) is 8.12. The fourth-order valence-corrected chi connectivity index (χ4v) is 3.86. The fourth-order valence-electron chi connectivity index (χ4n) is 2.39. The van der Waals surface area contributed by atoms with Crippen molar-refractivity contribution in [1.29, 1.82) is 0 Å². The maximum absolute atomic E-state index is 12.5. The third-order valence-corrected chi connectivity index (χ3v) is 5.59. The van der Waals surface area contributed by atoms with Gasteiger partial charge in [-0.15, -0.1) is 0 Å². The van der Waals surface area contributed by atoms with Crippen LogP contribution < -0.4 is 0 Å². The van der Waals surface area contributed by atoms with Crippen molar-refractivity contribution in [3.8, 4) is 0 Å². The average Bonchev–Trinajstić information content (AvgIpc) is 2.54.